The van der Waals surface area contributed by atoms with E-state index in [1.54, 1.807) is 20.0 Å². The molecule has 1 aromatic rings. The van der Waals surface area contributed by atoms with Crippen LogP contribution >= 0.6 is 0 Å². The zero-order valence-corrected chi connectivity index (χ0v) is 12.3. The zero-order chi connectivity index (χ0) is 15.3. The van der Waals surface area contributed by atoms with E-state index in [1.165, 1.54) is 4.90 Å². The number of rotatable bonds is 6. The summed E-state index contributed by atoms with van der Waals surface area (Å²) in [4.78, 5) is 25.3. The van der Waals surface area contributed by atoms with Gasteiger partial charge in [0.1, 0.15) is 5.76 Å². The number of likely N-dealkylation sites (N-methyl/N-ethyl adjacent to an activating group) is 1. The fraction of sp³-hybridized carbons (Fsp3) is 0.615. The van der Waals surface area contributed by atoms with Gasteiger partial charge in [0.25, 0.3) is 0 Å². The Hall–Kier alpha value is -1.89. The number of amides is 2. The lowest BCUT2D eigenvalue weighted by Gasteiger charge is -2.24. The first-order valence-corrected chi connectivity index (χ1v) is 6.53. The number of nitrogens with zero attached hydrogens (tertiary/aromatic N) is 2. The van der Waals surface area contributed by atoms with Crippen molar-refractivity contribution in [2.24, 2.45) is 17.6 Å². The van der Waals surface area contributed by atoms with Gasteiger partial charge in [-0.25, -0.2) is 0 Å². The van der Waals surface area contributed by atoms with Crippen LogP contribution in [0.4, 0.5) is 5.82 Å². The maximum Gasteiger partial charge on any atom is 0.245 e. The molecule has 1 rings (SSSR count). The first kappa shape index (κ1) is 16.2. The van der Waals surface area contributed by atoms with Crippen molar-refractivity contribution in [3.8, 4) is 0 Å². The van der Waals surface area contributed by atoms with Crippen LogP contribution in [0.15, 0.2) is 10.6 Å². The van der Waals surface area contributed by atoms with Gasteiger partial charge in [0, 0.05) is 19.7 Å². The molecule has 0 saturated heterocycles. The Morgan fingerprint density at radius 3 is 2.60 bits per heavy atom. The average Bonchev–Trinajstić information content (AvgIpc) is 2.74. The minimum Gasteiger partial charge on any atom is -0.360 e. The summed E-state index contributed by atoms with van der Waals surface area (Å²) < 4.78 is 4.84. The standard InChI is InChI=1S/C13H22N4O3/c1-8(2)10(6-14)13(19)17(4)7-12(18)15-11-5-9(3)20-16-11/h5,8,10H,6-7,14H2,1-4H3,(H,15,16,18). The van der Waals surface area contributed by atoms with Crippen molar-refractivity contribution in [2.45, 2.75) is 20.8 Å². The van der Waals surface area contributed by atoms with Crippen molar-refractivity contribution in [3.05, 3.63) is 11.8 Å². The molecule has 0 aromatic carbocycles. The minimum atomic E-state index is -0.325. The van der Waals surface area contributed by atoms with Gasteiger partial charge in [-0.1, -0.05) is 19.0 Å². The molecule has 0 radical (unpaired) electrons. The van der Waals surface area contributed by atoms with Gasteiger partial charge in [0.05, 0.1) is 12.5 Å². The topological polar surface area (TPSA) is 101 Å². The molecule has 112 valence electrons. The van der Waals surface area contributed by atoms with Gasteiger partial charge in [-0.3, -0.25) is 9.59 Å². The number of aromatic nitrogens is 1. The second-order valence-electron chi connectivity index (χ2n) is 5.15. The first-order chi connectivity index (χ1) is 9.35. The highest BCUT2D eigenvalue weighted by molar-refractivity contribution is 5.94. The molecule has 2 amide bonds. The van der Waals surface area contributed by atoms with Crippen LogP contribution in [0, 0.1) is 18.8 Å². The summed E-state index contributed by atoms with van der Waals surface area (Å²) in [6, 6.07) is 1.61. The van der Waals surface area contributed by atoms with Crippen LogP contribution in [-0.2, 0) is 9.59 Å². The predicted octanol–water partition coefficient (Wildman–Crippen LogP) is 0.611. The van der Waals surface area contributed by atoms with Gasteiger partial charge in [0.2, 0.25) is 11.8 Å². The maximum absolute atomic E-state index is 12.1. The lowest BCUT2D eigenvalue weighted by molar-refractivity contribution is -0.137. The van der Waals surface area contributed by atoms with Gasteiger partial charge in [-0.2, -0.15) is 0 Å². The van der Waals surface area contributed by atoms with Gasteiger partial charge in [-0.05, 0) is 12.8 Å². The lowest BCUT2D eigenvalue weighted by Crippen LogP contribution is -2.42. The second-order valence-corrected chi connectivity index (χ2v) is 5.15. The van der Waals surface area contributed by atoms with Crippen LogP contribution in [0.25, 0.3) is 0 Å². The van der Waals surface area contributed by atoms with Crippen molar-refractivity contribution < 1.29 is 14.1 Å². The van der Waals surface area contributed by atoms with Crippen LogP contribution in [0.3, 0.4) is 0 Å². The largest absolute Gasteiger partial charge is 0.360 e. The molecule has 0 bridgehead atoms. The van der Waals surface area contributed by atoms with E-state index in [4.69, 9.17) is 10.3 Å². The Kier molecular flexibility index (Phi) is 5.69. The molecule has 0 aliphatic carbocycles. The van der Waals surface area contributed by atoms with Crippen LogP contribution in [0.5, 0.6) is 0 Å². The average molecular weight is 282 g/mol. The fourth-order valence-corrected chi connectivity index (χ4v) is 1.84. The van der Waals surface area contributed by atoms with Crippen molar-refractivity contribution in [2.75, 3.05) is 25.5 Å². The molecule has 3 N–H and O–H groups in total. The van der Waals surface area contributed by atoms with E-state index < -0.39 is 0 Å². The Labute approximate surface area is 118 Å². The molecule has 1 atom stereocenters. The van der Waals surface area contributed by atoms with Gasteiger partial charge < -0.3 is 20.5 Å². The molecule has 0 saturated carbocycles. The van der Waals surface area contributed by atoms with Gasteiger partial charge in [0.15, 0.2) is 5.82 Å². The molecule has 1 heterocycles. The summed E-state index contributed by atoms with van der Waals surface area (Å²) in [6.45, 7) is 5.81. The minimum absolute atomic E-state index is 0.0477. The molecule has 7 heteroatoms. The summed E-state index contributed by atoms with van der Waals surface area (Å²) in [5.41, 5.74) is 5.60. The number of nitrogens with one attached hydrogen (secondary N) is 1. The van der Waals surface area contributed by atoms with Crippen LogP contribution in [0.2, 0.25) is 0 Å². The number of nitrogens with two attached hydrogens (primary N) is 1. The molecule has 1 aromatic heterocycles. The monoisotopic (exact) mass is 282 g/mol. The molecular formula is C13H22N4O3. The molecule has 0 aliphatic rings. The zero-order valence-electron chi connectivity index (χ0n) is 12.3. The van der Waals surface area contributed by atoms with E-state index in [0.717, 1.165) is 0 Å². The third-order valence-electron chi connectivity index (χ3n) is 3.03. The van der Waals surface area contributed by atoms with Crippen LogP contribution in [-0.4, -0.2) is 42.0 Å². The van der Waals surface area contributed by atoms with E-state index in [2.05, 4.69) is 10.5 Å². The van der Waals surface area contributed by atoms with E-state index in [-0.39, 0.29) is 36.7 Å². The number of anilines is 1. The van der Waals surface area contributed by atoms with E-state index >= 15 is 0 Å². The normalized spacial score (nSPS) is 12.3. The Bertz CT molecular complexity index is 470. The summed E-state index contributed by atoms with van der Waals surface area (Å²) in [7, 11) is 1.58. The SMILES string of the molecule is Cc1cc(NC(=O)CN(C)C(=O)C(CN)C(C)C)no1. The molecule has 0 spiro atoms. The second kappa shape index (κ2) is 7.04. The molecular weight excluding hydrogens is 260 g/mol. The quantitative estimate of drug-likeness (QED) is 0.796. The highest BCUT2D eigenvalue weighted by atomic mass is 16.5. The highest BCUT2D eigenvalue weighted by Crippen LogP contribution is 2.12. The van der Waals surface area contributed by atoms with Crippen LogP contribution < -0.4 is 11.1 Å². The van der Waals surface area contributed by atoms with Crippen LogP contribution in [0.1, 0.15) is 19.6 Å². The predicted molar refractivity (Wildman–Crippen MR) is 74.9 cm³/mol. The van der Waals surface area contributed by atoms with Crippen molar-refractivity contribution in [1.82, 2.24) is 10.1 Å². The molecule has 0 aliphatic heterocycles. The van der Waals surface area contributed by atoms with E-state index in [1.807, 2.05) is 13.8 Å². The van der Waals surface area contributed by atoms with Crippen molar-refractivity contribution in [1.29, 1.82) is 0 Å². The third-order valence-corrected chi connectivity index (χ3v) is 3.03. The number of hydrogen-bond donors (Lipinski definition) is 2. The Morgan fingerprint density at radius 2 is 2.15 bits per heavy atom. The number of carbonyl (C=O) groups is 2. The highest BCUT2D eigenvalue weighted by Gasteiger charge is 2.25. The summed E-state index contributed by atoms with van der Waals surface area (Å²) in [5.74, 6) is 0.348. The van der Waals surface area contributed by atoms with Gasteiger partial charge >= 0.3 is 0 Å². The molecule has 0 fully saturated rings. The Morgan fingerprint density at radius 1 is 1.50 bits per heavy atom. The Balaban J connectivity index is 2.54. The first-order valence-electron chi connectivity index (χ1n) is 6.53. The smallest absolute Gasteiger partial charge is 0.245 e. The fourth-order valence-electron chi connectivity index (χ4n) is 1.84. The van der Waals surface area contributed by atoms with E-state index in [0.29, 0.717) is 11.6 Å². The van der Waals surface area contributed by atoms with Gasteiger partial charge in [-0.15, -0.1) is 0 Å². The number of aryl methyl sites for hydroxylation is 1. The molecule has 1 unspecified atom stereocenters. The lowest BCUT2D eigenvalue weighted by atomic mass is 9.94. The van der Waals surface area contributed by atoms with E-state index in [9.17, 15) is 9.59 Å². The maximum atomic E-state index is 12.1. The number of hydrogen-bond acceptors (Lipinski definition) is 5. The summed E-state index contributed by atoms with van der Waals surface area (Å²) in [6.07, 6.45) is 0. The van der Waals surface area contributed by atoms with Crippen molar-refractivity contribution in [3.63, 3.8) is 0 Å². The third kappa shape index (κ3) is 4.34. The van der Waals surface area contributed by atoms with Crippen molar-refractivity contribution >= 4 is 17.6 Å². The summed E-state index contributed by atoms with van der Waals surface area (Å²) in [5, 5.41) is 6.22. The molecule has 7 nitrogen and oxygen atoms in total. The molecule has 20 heavy (non-hydrogen) atoms. The summed E-state index contributed by atoms with van der Waals surface area (Å²) >= 11 is 0. The number of carbonyl (C=O) groups excluding carboxylic acids is 2.